The maximum Gasteiger partial charge on any atom is 0.315 e. The third-order valence-electron chi connectivity index (χ3n) is 6.75. The Morgan fingerprint density at radius 1 is 0.467 bits per heavy atom. The maximum atomic E-state index is 12.3. The molecule has 3 fully saturated rings. The summed E-state index contributed by atoms with van der Waals surface area (Å²) in [5.41, 5.74) is 5.16. The summed E-state index contributed by atoms with van der Waals surface area (Å²) in [5.74, 6) is 0. The van der Waals surface area contributed by atoms with E-state index in [1.54, 1.807) is 0 Å². The lowest BCUT2D eigenvalue weighted by atomic mass is 9.90. The van der Waals surface area contributed by atoms with Crippen LogP contribution in [-0.4, -0.2) is 48.3 Å². The largest absolute Gasteiger partial charge is 0.352 e. The van der Waals surface area contributed by atoms with Crippen molar-refractivity contribution in [1.29, 1.82) is 0 Å². The zero-order valence-corrected chi connectivity index (χ0v) is 17.9. The SMILES string of the molecule is NC(=O)N[C@H]1CC[C@H](NC(=O)N[C@H]2CC[C@H](NC(=O)NC3CCCCC3)CC2)CC1. The molecule has 3 aliphatic rings. The van der Waals surface area contributed by atoms with Crippen molar-refractivity contribution >= 4 is 18.1 Å². The molecule has 7 N–H and O–H groups in total. The Bertz CT molecular complexity index is 579. The van der Waals surface area contributed by atoms with E-state index < -0.39 is 6.03 Å². The lowest BCUT2D eigenvalue weighted by molar-refractivity contribution is 0.212. The summed E-state index contributed by atoms with van der Waals surface area (Å²) in [7, 11) is 0. The third-order valence-corrected chi connectivity index (χ3v) is 6.75. The van der Waals surface area contributed by atoms with Crippen molar-refractivity contribution in [2.45, 2.75) is 114 Å². The molecule has 0 atom stereocenters. The second kappa shape index (κ2) is 11.3. The van der Waals surface area contributed by atoms with Crippen LogP contribution in [0.1, 0.15) is 83.5 Å². The molecule has 0 saturated heterocycles. The smallest absolute Gasteiger partial charge is 0.315 e. The Balaban J connectivity index is 1.27. The number of nitrogens with one attached hydrogen (secondary N) is 5. The van der Waals surface area contributed by atoms with Crippen LogP contribution in [0.5, 0.6) is 0 Å². The predicted molar refractivity (Wildman–Crippen MR) is 115 cm³/mol. The topological polar surface area (TPSA) is 137 Å². The first kappa shape index (κ1) is 22.5. The van der Waals surface area contributed by atoms with Crippen molar-refractivity contribution in [3.63, 3.8) is 0 Å². The van der Waals surface area contributed by atoms with E-state index in [-0.39, 0.29) is 36.2 Å². The second-order valence-electron chi connectivity index (χ2n) is 9.18. The van der Waals surface area contributed by atoms with Gasteiger partial charge in [0.2, 0.25) is 0 Å². The third kappa shape index (κ3) is 7.57. The summed E-state index contributed by atoms with van der Waals surface area (Å²) in [5, 5.41) is 15.1. The highest BCUT2D eigenvalue weighted by molar-refractivity contribution is 5.75. The van der Waals surface area contributed by atoms with E-state index in [9.17, 15) is 14.4 Å². The Kier molecular flexibility index (Phi) is 8.45. The van der Waals surface area contributed by atoms with Gasteiger partial charge in [-0.3, -0.25) is 0 Å². The average molecular weight is 423 g/mol. The number of rotatable bonds is 5. The van der Waals surface area contributed by atoms with Crippen LogP contribution < -0.4 is 32.3 Å². The quantitative estimate of drug-likeness (QED) is 0.405. The van der Waals surface area contributed by atoms with Gasteiger partial charge >= 0.3 is 18.1 Å². The molecule has 30 heavy (non-hydrogen) atoms. The Morgan fingerprint density at radius 2 is 0.767 bits per heavy atom. The van der Waals surface area contributed by atoms with Gasteiger partial charge in [-0.1, -0.05) is 19.3 Å². The van der Waals surface area contributed by atoms with Crippen molar-refractivity contribution in [3.05, 3.63) is 0 Å². The molecule has 0 aliphatic heterocycles. The molecule has 0 aromatic heterocycles. The first-order valence-electron chi connectivity index (χ1n) is 11.7. The van der Waals surface area contributed by atoms with E-state index in [0.29, 0.717) is 6.04 Å². The summed E-state index contributed by atoms with van der Waals surface area (Å²) in [6.07, 6.45) is 12.7. The number of hydrogen-bond acceptors (Lipinski definition) is 3. The Morgan fingerprint density at radius 3 is 1.10 bits per heavy atom. The number of amides is 6. The van der Waals surface area contributed by atoms with Gasteiger partial charge in [0.25, 0.3) is 0 Å². The first-order valence-corrected chi connectivity index (χ1v) is 11.7. The molecule has 0 radical (unpaired) electrons. The van der Waals surface area contributed by atoms with Crippen LogP contribution in [-0.2, 0) is 0 Å². The van der Waals surface area contributed by atoms with Crippen LogP contribution >= 0.6 is 0 Å². The Hall–Kier alpha value is -2.19. The highest BCUT2D eigenvalue weighted by Crippen LogP contribution is 2.21. The molecule has 170 valence electrons. The van der Waals surface area contributed by atoms with Crippen molar-refractivity contribution in [2.75, 3.05) is 0 Å². The van der Waals surface area contributed by atoms with Gasteiger partial charge in [-0.05, 0) is 64.2 Å². The van der Waals surface area contributed by atoms with Crippen molar-refractivity contribution < 1.29 is 14.4 Å². The molecule has 0 spiro atoms. The molecule has 0 bridgehead atoms. The standard InChI is InChI=1S/C21H38N6O3/c22-19(28)23-15-6-8-16(9-7-15)26-21(30)27-18-12-10-17(11-13-18)25-20(29)24-14-4-2-1-3-5-14/h14-18H,1-13H2,(H3,22,23,28)(H2,24,25,29)(H2,26,27,30)/t15-,16-,17-,18-. The Labute approximate surface area is 179 Å². The molecule has 3 saturated carbocycles. The number of carbonyl (C=O) groups excluding carboxylic acids is 3. The second-order valence-corrected chi connectivity index (χ2v) is 9.18. The van der Waals surface area contributed by atoms with Crippen LogP contribution in [0.2, 0.25) is 0 Å². The summed E-state index contributed by atoms with van der Waals surface area (Å²) in [6.45, 7) is 0. The van der Waals surface area contributed by atoms with Gasteiger partial charge in [-0.2, -0.15) is 0 Å². The fraction of sp³-hybridized carbons (Fsp3) is 0.857. The summed E-state index contributed by atoms with van der Waals surface area (Å²) < 4.78 is 0. The van der Waals surface area contributed by atoms with Crippen LogP contribution in [0.4, 0.5) is 14.4 Å². The van der Waals surface area contributed by atoms with Gasteiger partial charge in [0.15, 0.2) is 0 Å². The van der Waals surface area contributed by atoms with E-state index in [2.05, 4.69) is 26.6 Å². The minimum absolute atomic E-state index is 0.0440. The van der Waals surface area contributed by atoms with Gasteiger partial charge in [0.1, 0.15) is 0 Å². The molecule has 9 heteroatoms. The predicted octanol–water partition coefficient (Wildman–Crippen LogP) is 2.21. The number of urea groups is 3. The normalized spacial score (nSPS) is 30.0. The highest BCUT2D eigenvalue weighted by atomic mass is 16.2. The molecule has 0 aromatic rings. The van der Waals surface area contributed by atoms with Gasteiger partial charge in [-0.25, -0.2) is 14.4 Å². The fourth-order valence-corrected chi connectivity index (χ4v) is 5.04. The minimum atomic E-state index is -0.485. The van der Waals surface area contributed by atoms with Crippen molar-refractivity contribution in [2.24, 2.45) is 5.73 Å². The summed E-state index contributed by atoms with van der Waals surface area (Å²) in [6, 6.07) is 0.257. The number of nitrogens with two attached hydrogens (primary N) is 1. The summed E-state index contributed by atoms with van der Waals surface area (Å²) >= 11 is 0. The molecule has 0 unspecified atom stereocenters. The van der Waals surface area contributed by atoms with Gasteiger partial charge in [0.05, 0.1) is 0 Å². The number of primary amides is 1. The average Bonchev–Trinajstić information content (AvgIpc) is 2.71. The van der Waals surface area contributed by atoms with E-state index in [1.165, 1.54) is 19.3 Å². The number of carbonyl (C=O) groups is 3. The maximum absolute atomic E-state index is 12.3. The first-order chi connectivity index (χ1) is 14.5. The van der Waals surface area contributed by atoms with E-state index in [0.717, 1.165) is 64.2 Å². The van der Waals surface area contributed by atoms with Crippen LogP contribution in [0, 0.1) is 0 Å². The molecule has 3 aliphatic carbocycles. The zero-order valence-electron chi connectivity index (χ0n) is 17.9. The fourth-order valence-electron chi connectivity index (χ4n) is 5.04. The minimum Gasteiger partial charge on any atom is -0.352 e. The monoisotopic (exact) mass is 422 g/mol. The van der Waals surface area contributed by atoms with Gasteiger partial charge in [0, 0.05) is 30.2 Å². The molecular formula is C21H38N6O3. The highest BCUT2D eigenvalue weighted by Gasteiger charge is 2.26. The lowest BCUT2D eigenvalue weighted by Crippen LogP contribution is -2.52. The van der Waals surface area contributed by atoms with Crippen LogP contribution in [0.25, 0.3) is 0 Å². The molecule has 3 rings (SSSR count). The van der Waals surface area contributed by atoms with E-state index in [4.69, 9.17) is 5.73 Å². The van der Waals surface area contributed by atoms with Crippen molar-refractivity contribution in [1.82, 2.24) is 26.6 Å². The van der Waals surface area contributed by atoms with Gasteiger partial charge in [-0.15, -0.1) is 0 Å². The van der Waals surface area contributed by atoms with Crippen molar-refractivity contribution in [3.8, 4) is 0 Å². The molecule has 9 nitrogen and oxygen atoms in total. The zero-order chi connectivity index (χ0) is 21.3. The van der Waals surface area contributed by atoms with E-state index in [1.807, 2.05) is 0 Å². The lowest BCUT2D eigenvalue weighted by Gasteiger charge is -2.32. The molecule has 0 heterocycles. The molecule has 0 aromatic carbocycles. The molecule has 6 amide bonds. The summed E-state index contributed by atoms with van der Waals surface area (Å²) in [4.78, 5) is 35.5. The molecular weight excluding hydrogens is 384 g/mol. The van der Waals surface area contributed by atoms with Crippen LogP contribution in [0.15, 0.2) is 0 Å². The van der Waals surface area contributed by atoms with Crippen LogP contribution in [0.3, 0.4) is 0 Å². The number of hydrogen-bond donors (Lipinski definition) is 6. The van der Waals surface area contributed by atoms with Gasteiger partial charge < -0.3 is 32.3 Å². The van der Waals surface area contributed by atoms with E-state index >= 15 is 0 Å².